The molecule has 2 aliphatic rings. The van der Waals surface area contributed by atoms with Gasteiger partial charge in [0.15, 0.2) is 5.78 Å². The van der Waals surface area contributed by atoms with Crippen molar-refractivity contribution in [2.45, 2.75) is 45.4 Å². The summed E-state index contributed by atoms with van der Waals surface area (Å²) in [7, 11) is 0. The summed E-state index contributed by atoms with van der Waals surface area (Å²) in [6.07, 6.45) is 8.62. The van der Waals surface area contributed by atoms with Gasteiger partial charge in [0.2, 0.25) is 0 Å². The Labute approximate surface area is 415 Å². The fraction of sp³-hybridized carbons (Fsp3) is 0.132. The summed E-state index contributed by atoms with van der Waals surface area (Å²) in [5.41, 5.74) is 12.4. The molecule has 0 aliphatic carbocycles. The van der Waals surface area contributed by atoms with Crippen LogP contribution in [0.2, 0.25) is 10.0 Å². The molecule has 4 aromatic carbocycles. The molecule has 2 aliphatic heterocycles. The SMILES string of the molecule is Nc1ccc2c(c1)CC=N2.O=C(Cc1ccc2c(c1)CC=N2)Cn1c(=O)c(C(=O)NCc2ccc(Cl)cc2)cc2cccnc21.O=C(O)Cn1c(=O)c(C(=O)NCc2ccc(Cl)cc2)cc2cccnc21. The molecule has 0 saturated carbocycles. The van der Waals surface area contributed by atoms with Crippen molar-refractivity contribution < 1.29 is 24.3 Å². The maximum Gasteiger partial charge on any atom is 0.323 e. The summed E-state index contributed by atoms with van der Waals surface area (Å²) in [5, 5.41) is 16.8. The lowest BCUT2D eigenvalue weighted by Gasteiger charge is -2.12. The van der Waals surface area contributed by atoms with Gasteiger partial charge in [0.1, 0.15) is 29.0 Å². The zero-order chi connectivity index (χ0) is 50.0. The van der Waals surface area contributed by atoms with E-state index in [-0.39, 0.29) is 48.6 Å². The van der Waals surface area contributed by atoms with E-state index in [1.807, 2.05) is 48.8 Å². The van der Waals surface area contributed by atoms with Gasteiger partial charge in [0.05, 0.1) is 17.9 Å². The number of anilines is 1. The van der Waals surface area contributed by atoms with Crippen molar-refractivity contribution in [1.29, 1.82) is 0 Å². The van der Waals surface area contributed by atoms with E-state index in [0.29, 0.717) is 26.5 Å². The molecule has 0 bridgehead atoms. The monoisotopic (exact) mass is 987 g/mol. The molecule has 0 radical (unpaired) electrons. The standard InChI is InChI=1S/C27H21ClN4O3.C18H14ClN3O4.C8H8N2/c28-21-6-3-17(4-7-21)15-31-26(34)23-14-20-2-1-10-30-25(20)32(27(23)35)16-22(33)13-18-5-8-24-19(12-18)9-11-29-24;19-13-5-3-11(4-6-13)9-21-17(25)14-8-12-2-1-7-20-16(12)22(18(14)26)10-15(23)24;9-7-1-2-8-6(5-7)3-4-10-8/h1-8,10-12,14H,9,13,15-16H2,(H,31,34);1-8H,9-10H2,(H,21,25)(H,23,24);1-2,4-5H,3,9H2. The highest BCUT2D eigenvalue weighted by Crippen LogP contribution is 2.26. The van der Waals surface area contributed by atoms with Crippen molar-refractivity contribution in [2.24, 2.45) is 9.98 Å². The summed E-state index contributed by atoms with van der Waals surface area (Å²) >= 11 is 11.7. The van der Waals surface area contributed by atoms with Gasteiger partial charge in [-0.15, -0.1) is 0 Å². The van der Waals surface area contributed by atoms with Gasteiger partial charge in [-0.05, 0) is 113 Å². The van der Waals surface area contributed by atoms with Gasteiger partial charge in [-0.1, -0.05) is 59.6 Å². The molecule has 0 saturated heterocycles. The van der Waals surface area contributed by atoms with E-state index in [2.05, 4.69) is 30.6 Å². The number of carbonyl (C=O) groups excluding carboxylic acids is 3. The Balaban J connectivity index is 0.000000163. The van der Waals surface area contributed by atoms with E-state index in [1.54, 1.807) is 79.0 Å². The van der Waals surface area contributed by atoms with E-state index in [1.165, 1.54) is 28.5 Å². The first-order chi connectivity index (χ1) is 34.3. The average Bonchev–Trinajstić information content (AvgIpc) is 4.05. The predicted octanol–water partition coefficient (Wildman–Crippen LogP) is 7.64. The molecule has 0 atom stereocenters. The summed E-state index contributed by atoms with van der Waals surface area (Å²) in [5.74, 6) is -2.46. The van der Waals surface area contributed by atoms with Gasteiger partial charge >= 0.3 is 5.97 Å². The van der Waals surface area contributed by atoms with Crippen LogP contribution < -0.4 is 27.5 Å². The number of halogens is 2. The minimum Gasteiger partial charge on any atom is -0.480 e. The zero-order valence-corrected chi connectivity index (χ0v) is 39.2. The molecule has 8 aromatic rings. The first-order valence-corrected chi connectivity index (χ1v) is 22.9. The minimum absolute atomic E-state index is 0.0399. The highest BCUT2D eigenvalue weighted by molar-refractivity contribution is 6.30. The number of benzene rings is 4. The smallest absolute Gasteiger partial charge is 0.323 e. The van der Waals surface area contributed by atoms with Crippen LogP contribution in [0, 0.1) is 0 Å². The second-order valence-corrected chi connectivity index (χ2v) is 17.2. The molecule has 2 amide bonds. The maximum atomic E-state index is 13.3. The van der Waals surface area contributed by atoms with E-state index in [4.69, 9.17) is 34.0 Å². The number of hydrogen-bond donors (Lipinski definition) is 4. The molecule has 16 nitrogen and oxygen atoms in total. The van der Waals surface area contributed by atoms with Crippen LogP contribution in [0.5, 0.6) is 0 Å². The van der Waals surface area contributed by atoms with Crippen LogP contribution in [0.1, 0.15) is 48.5 Å². The number of carboxylic acids is 1. The second kappa shape index (κ2) is 22.2. The summed E-state index contributed by atoms with van der Waals surface area (Å²) in [6, 6.07) is 35.3. The Morgan fingerprint density at radius 3 is 1.56 bits per heavy atom. The maximum absolute atomic E-state index is 13.3. The number of amides is 2. The lowest BCUT2D eigenvalue weighted by atomic mass is 10.0. The number of nitrogens with zero attached hydrogens (tertiary/aromatic N) is 6. The fourth-order valence-corrected chi connectivity index (χ4v) is 8.06. The van der Waals surface area contributed by atoms with Crippen LogP contribution in [0.4, 0.5) is 17.1 Å². The number of Topliss-reactive ketones (excluding diaryl/α,β-unsaturated/α-hetero) is 1. The van der Waals surface area contributed by atoms with Gasteiger partial charge in [-0.25, -0.2) is 9.97 Å². The molecular weight excluding hydrogens is 946 g/mol. The third-order valence-corrected chi connectivity index (χ3v) is 11.8. The van der Waals surface area contributed by atoms with E-state index in [9.17, 15) is 28.8 Å². The van der Waals surface area contributed by atoms with Gasteiger partial charge < -0.3 is 21.5 Å². The quantitative estimate of drug-likeness (QED) is 0.0874. The van der Waals surface area contributed by atoms with E-state index < -0.39 is 35.4 Å². The van der Waals surface area contributed by atoms with E-state index in [0.717, 1.165) is 56.7 Å². The lowest BCUT2D eigenvalue weighted by molar-refractivity contribution is -0.137. The molecule has 4 aromatic heterocycles. The first kappa shape index (κ1) is 48.8. The number of fused-ring (bicyclic) bond motifs is 4. The van der Waals surface area contributed by atoms with Crippen molar-refractivity contribution in [1.82, 2.24) is 29.7 Å². The van der Waals surface area contributed by atoms with Gasteiger partial charge in [0, 0.05) is 83.7 Å². The van der Waals surface area contributed by atoms with Gasteiger partial charge in [-0.2, -0.15) is 0 Å². The van der Waals surface area contributed by atoms with Crippen molar-refractivity contribution in [3.63, 3.8) is 0 Å². The topological polar surface area (TPSA) is 233 Å². The minimum atomic E-state index is -1.20. The number of aliphatic imine (C=N–C) groups is 2. The largest absolute Gasteiger partial charge is 0.480 e. The number of carbonyl (C=O) groups is 4. The van der Waals surface area contributed by atoms with E-state index >= 15 is 0 Å². The summed E-state index contributed by atoms with van der Waals surface area (Å²) < 4.78 is 2.26. The predicted molar refractivity (Wildman–Crippen MR) is 275 cm³/mol. The van der Waals surface area contributed by atoms with Crippen LogP contribution in [0.25, 0.3) is 22.1 Å². The molecule has 0 unspecified atom stereocenters. The Morgan fingerprint density at radius 1 is 0.592 bits per heavy atom. The summed E-state index contributed by atoms with van der Waals surface area (Å²) in [4.78, 5) is 92.1. The fourth-order valence-electron chi connectivity index (χ4n) is 7.80. The number of aliphatic carboxylic acids is 1. The van der Waals surface area contributed by atoms with Crippen molar-refractivity contribution in [3.05, 3.63) is 203 Å². The Morgan fingerprint density at radius 2 is 1.06 bits per heavy atom. The molecule has 6 heterocycles. The number of rotatable bonds is 12. The summed E-state index contributed by atoms with van der Waals surface area (Å²) in [6.45, 7) is -0.316. The number of hydrogen-bond acceptors (Lipinski definition) is 11. The normalized spacial score (nSPS) is 11.7. The number of nitrogens with two attached hydrogens (primary N) is 1. The second-order valence-electron chi connectivity index (χ2n) is 16.3. The van der Waals surface area contributed by atoms with Crippen LogP contribution in [-0.4, -0.2) is 60.2 Å². The molecule has 0 spiro atoms. The number of carboxylic acid groups (broad SMARTS) is 1. The van der Waals surface area contributed by atoms with Crippen LogP contribution >= 0.6 is 23.2 Å². The Bertz CT molecular complexity index is 3540. The van der Waals surface area contributed by atoms with Crippen LogP contribution in [-0.2, 0) is 55.0 Å². The molecule has 18 heteroatoms. The Hall–Kier alpha value is -8.60. The molecule has 0 fully saturated rings. The zero-order valence-electron chi connectivity index (χ0n) is 37.7. The third-order valence-electron chi connectivity index (χ3n) is 11.3. The highest BCUT2D eigenvalue weighted by Gasteiger charge is 2.20. The number of ketones is 1. The number of nitrogen functional groups attached to an aromatic ring is 1. The van der Waals surface area contributed by atoms with Crippen LogP contribution in [0.15, 0.2) is 153 Å². The molecule has 5 N–H and O–H groups in total. The van der Waals surface area contributed by atoms with Crippen molar-refractivity contribution in [2.75, 3.05) is 5.73 Å². The molecule has 71 heavy (non-hydrogen) atoms. The highest BCUT2D eigenvalue weighted by atomic mass is 35.5. The van der Waals surface area contributed by atoms with Crippen molar-refractivity contribution >= 4 is 98.3 Å². The Kier molecular flexibility index (Phi) is 15.3. The number of nitrogens with one attached hydrogen (secondary N) is 2. The molecule has 10 rings (SSSR count). The number of pyridine rings is 4. The van der Waals surface area contributed by atoms with Crippen LogP contribution in [0.3, 0.4) is 0 Å². The number of aromatic nitrogens is 4. The van der Waals surface area contributed by atoms with Crippen molar-refractivity contribution in [3.8, 4) is 0 Å². The third kappa shape index (κ3) is 12.2. The lowest BCUT2D eigenvalue weighted by Crippen LogP contribution is -2.34. The van der Waals surface area contributed by atoms with Gasteiger partial charge in [0.25, 0.3) is 22.9 Å². The molecular formula is C53H43Cl2N9O7. The average molecular weight is 989 g/mol. The first-order valence-electron chi connectivity index (χ1n) is 22.1. The van der Waals surface area contributed by atoms with Gasteiger partial charge in [-0.3, -0.25) is 47.9 Å². The molecule has 356 valence electrons.